The van der Waals surface area contributed by atoms with Crippen LogP contribution in [0.4, 0.5) is 5.82 Å². The second-order valence-electron chi connectivity index (χ2n) is 6.02. The van der Waals surface area contributed by atoms with Crippen LogP contribution in [0.15, 0.2) is 12.3 Å². The van der Waals surface area contributed by atoms with Gasteiger partial charge in [-0.1, -0.05) is 18.5 Å². The molecule has 1 aromatic rings. The lowest BCUT2D eigenvalue weighted by Gasteiger charge is -2.29. The fraction of sp³-hybridized carbons (Fsp3) is 0.688. The first-order valence-electron chi connectivity index (χ1n) is 7.73. The molecule has 0 bridgehead atoms. The first-order chi connectivity index (χ1) is 9.61. The monoisotopic (exact) mass is 295 g/mol. The molecule has 0 aliphatic heterocycles. The molecule has 0 atom stereocenters. The highest BCUT2D eigenvalue weighted by Gasteiger charge is 2.27. The Kier molecular flexibility index (Phi) is 5.67. The third-order valence-electron chi connectivity index (χ3n) is 3.68. The Morgan fingerprint density at radius 1 is 1.45 bits per heavy atom. The summed E-state index contributed by atoms with van der Waals surface area (Å²) in [6, 6.07) is 2.49. The summed E-state index contributed by atoms with van der Waals surface area (Å²) < 4.78 is 0. The zero-order valence-electron chi connectivity index (χ0n) is 12.8. The number of pyridine rings is 1. The first kappa shape index (κ1) is 15.6. The summed E-state index contributed by atoms with van der Waals surface area (Å²) in [5.41, 5.74) is 1.15. The molecule has 2 rings (SSSR count). The van der Waals surface area contributed by atoms with Crippen molar-refractivity contribution in [2.24, 2.45) is 5.92 Å². The van der Waals surface area contributed by atoms with Crippen LogP contribution in [0.1, 0.15) is 45.6 Å². The standard InChI is InChI=1S/C16H26ClN3/c1-4-7-18-9-14-8-15(17)16(19-10-14)20(12(2)3)11-13-5-6-13/h8,10,12-13,18H,4-7,9,11H2,1-3H3. The van der Waals surface area contributed by atoms with Gasteiger partial charge in [-0.05, 0) is 57.2 Å². The van der Waals surface area contributed by atoms with E-state index in [0.717, 1.165) is 48.4 Å². The van der Waals surface area contributed by atoms with Crippen molar-refractivity contribution in [3.05, 3.63) is 22.8 Å². The summed E-state index contributed by atoms with van der Waals surface area (Å²) >= 11 is 6.45. The van der Waals surface area contributed by atoms with Gasteiger partial charge in [-0.2, -0.15) is 0 Å². The van der Waals surface area contributed by atoms with Gasteiger partial charge in [-0.3, -0.25) is 0 Å². The van der Waals surface area contributed by atoms with E-state index >= 15 is 0 Å². The van der Waals surface area contributed by atoms with E-state index in [-0.39, 0.29) is 0 Å². The van der Waals surface area contributed by atoms with Gasteiger partial charge in [0, 0.05) is 25.3 Å². The second-order valence-corrected chi connectivity index (χ2v) is 6.42. The van der Waals surface area contributed by atoms with Crippen LogP contribution in [0.25, 0.3) is 0 Å². The van der Waals surface area contributed by atoms with Gasteiger partial charge in [0.25, 0.3) is 0 Å². The van der Waals surface area contributed by atoms with Crippen molar-refractivity contribution >= 4 is 17.4 Å². The molecule has 1 fully saturated rings. The molecular weight excluding hydrogens is 270 g/mol. The van der Waals surface area contributed by atoms with Crippen molar-refractivity contribution in [3.63, 3.8) is 0 Å². The third kappa shape index (κ3) is 4.35. The lowest BCUT2D eigenvalue weighted by molar-refractivity contribution is 0.635. The number of hydrogen-bond donors (Lipinski definition) is 1. The lowest BCUT2D eigenvalue weighted by Crippen LogP contribution is -2.33. The van der Waals surface area contributed by atoms with Crippen LogP contribution in [0.3, 0.4) is 0 Å². The van der Waals surface area contributed by atoms with Gasteiger partial charge in [0.05, 0.1) is 5.02 Å². The van der Waals surface area contributed by atoms with Gasteiger partial charge >= 0.3 is 0 Å². The van der Waals surface area contributed by atoms with Gasteiger partial charge in [-0.25, -0.2) is 4.98 Å². The molecule has 1 aliphatic rings. The minimum atomic E-state index is 0.435. The van der Waals surface area contributed by atoms with E-state index in [0.29, 0.717) is 6.04 Å². The second kappa shape index (κ2) is 7.28. The molecule has 0 radical (unpaired) electrons. The maximum atomic E-state index is 6.45. The number of nitrogens with zero attached hydrogens (tertiary/aromatic N) is 2. The van der Waals surface area contributed by atoms with E-state index in [1.54, 1.807) is 0 Å². The zero-order valence-corrected chi connectivity index (χ0v) is 13.6. The molecule has 0 aromatic carbocycles. The molecule has 0 saturated heterocycles. The smallest absolute Gasteiger partial charge is 0.147 e. The maximum absolute atomic E-state index is 6.45. The Balaban J connectivity index is 2.05. The van der Waals surface area contributed by atoms with Crippen LogP contribution in [0, 0.1) is 5.92 Å². The van der Waals surface area contributed by atoms with Crippen LogP contribution in [0.2, 0.25) is 5.02 Å². The molecule has 20 heavy (non-hydrogen) atoms. The quantitative estimate of drug-likeness (QED) is 0.738. The van der Waals surface area contributed by atoms with Crippen LogP contribution in [-0.2, 0) is 6.54 Å². The van der Waals surface area contributed by atoms with E-state index in [2.05, 4.69) is 42.0 Å². The van der Waals surface area contributed by atoms with Crippen molar-refractivity contribution in [1.82, 2.24) is 10.3 Å². The number of rotatable bonds is 8. The van der Waals surface area contributed by atoms with Crippen LogP contribution >= 0.6 is 11.6 Å². The average molecular weight is 296 g/mol. The Bertz CT molecular complexity index is 430. The number of anilines is 1. The summed E-state index contributed by atoms with van der Waals surface area (Å²) in [4.78, 5) is 6.95. The topological polar surface area (TPSA) is 28.2 Å². The van der Waals surface area contributed by atoms with Crippen LogP contribution in [-0.4, -0.2) is 24.1 Å². The summed E-state index contributed by atoms with van der Waals surface area (Å²) in [5, 5.41) is 4.15. The Morgan fingerprint density at radius 2 is 2.20 bits per heavy atom. The molecule has 1 aliphatic carbocycles. The van der Waals surface area contributed by atoms with E-state index in [9.17, 15) is 0 Å². The highest BCUT2D eigenvalue weighted by molar-refractivity contribution is 6.33. The number of nitrogens with one attached hydrogen (secondary N) is 1. The van der Waals surface area contributed by atoms with Gasteiger partial charge in [0.2, 0.25) is 0 Å². The molecule has 4 heteroatoms. The summed E-state index contributed by atoms with van der Waals surface area (Å²) in [5.74, 6) is 1.77. The average Bonchev–Trinajstić information content (AvgIpc) is 3.21. The van der Waals surface area contributed by atoms with Crippen LogP contribution in [0.5, 0.6) is 0 Å². The molecule has 3 nitrogen and oxygen atoms in total. The van der Waals surface area contributed by atoms with E-state index in [4.69, 9.17) is 11.6 Å². The predicted octanol–water partition coefficient (Wildman–Crippen LogP) is 3.86. The highest BCUT2D eigenvalue weighted by atomic mass is 35.5. The molecule has 0 spiro atoms. The van der Waals surface area contributed by atoms with Crippen molar-refractivity contribution in [3.8, 4) is 0 Å². The van der Waals surface area contributed by atoms with Crippen molar-refractivity contribution < 1.29 is 0 Å². The predicted molar refractivity (Wildman–Crippen MR) is 86.5 cm³/mol. The molecule has 0 amide bonds. The third-order valence-corrected chi connectivity index (χ3v) is 3.96. The van der Waals surface area contributed by atoms with E-state index < -0.39 is 0 Å². The SMILES string of the molecule is CCCNCc1cnc(N(CC2CC2)C(C)C)c(Cl)c1. The number of hydrogen-bond acceptors (Lipinski definition) is 3. The van der Waals surface area contributed by atoms with Crippen molar-refractivity contribution in [1.29, 1.82) is 0 Å². The zero-order chi connectivity index (χ0) is 14.5. The van der Waals surface area contributed by atoms with Gasteiger partial charge in [-0.15, -0.1) is 0 Å². The lowest BCUT2D eigenvalue weighted by atomic mass is 10.2. The van der Waals surface area contributed by atoms with Gasteiger partial charge in [0.1, 0.15) is 5.82 Å². The molecule has 0 unspecified atom stereocenters. The molecule has 1 N–H and O–H groups in total. The summed E-state index contributed by atoms with van der Waals surface area (Å²) in [6.45, 7) is 9.52. The largest absolute Gasteiger partial charge is 0.353 e. The Morgan fingerprint density at radius 3 is 2.75 bits per heavy atom. The van der Waals surface area contributed by atoms with Crippen LogP contribution < -0.4 is 10.2 Å². The maximum Gasteiger partial charge on any atom is 0.147 e. The first-order valence-corrected chi connectivity index (χ1v) is 8.11. The van der Waals surface area contributed by atoms with Gasteiger partial charge in [0.15, 0.2) is 0 Å². The Hall–Kier alpha value is -0.800. The van der Waals surface area contributed by atoms with E-state index in [1.165, 1.54) is 12.8 Å². The fourth-order valence-electron chi connectivity index (χ4n) is 2.31. The highest BCUT2D eigenvalue weighted by Crippen LogP contribution is 2.34. The number of halogens is 1. The summed E-state index contributed by atoms with van der Waals surface area (Å²) in [6.07, 6.45) is 5.79. The molecule has 1 aromatic heterocycles. The minimum absolute atomic E-state index is 0.435. The molecule has 112 valence electrons. The van der Waals surface area contributed by atoms with Crippen molar-refractivity contribution in [2.45, 2.75) is 52.6 Å². The van der Waals surface area contributed by atoms with Crippen molar-refractivity contribution in [2.75, 3.05) is 18.0 Å². The normalized spacial score (nSPS) is 14.8. The number of aromatic nitrogens is 1. The molecule has 1 saturated carbocycles. The minimum Gasteiger partial charge on any atom is -0.353 e. The van der Waals surface area contributed by atoms with Gasteiger partial charge < -0.3 is 10.2 Å². The molecular formula is C16H26ClN3. The molecule has 1 heterocycles. The Labute approximate surface area is 127 Å². The van der Waals surface area contributed by atoms with E-state index in [1.807, 2.05) is 6.20 Å². The summed E-state index contributed by atoms with van der Waals surface area (Å²) in [7, 11) is 0. The fourth-order valence-corrected chi connectivity index (χ4v) is 2.61.